The van der Waals surface area contributed by atoms with Gasteiger partial charge >= 0.3 is 0 Å². The van der Waals surface area contributed by atoms with Crippen LogP contribution in [0, 0.1) is 17.8 Å². The van der Waals surface area contributed by atoms with Crippen molar-refractivity contribution in [1.29, 1.82) is 0 Å². The molecule has 3 heteroatoms. The van der Waals surface area contributed by atoms with Gasteiger partial charge in [0.1, 0.15) is 0 Å². The van der Waals surface area contributed by atoms with Crippen molar-refractivity contribution in [3.8, 4) is 0 Å². The van der Waals surface area contributed by atoms with Crippen LogP contribution in [0.2, 0.25) is 0 Å². The summed E-state index contributed by atoms with van der Waals surface area (Å²) in [7, 11) is 0. The van der Waals surface area contributed by atoms with Crippen LogP contribution in [0.1, 0.15) is 45.4 Å². The van der Waals surface area contributed by atoms with E-state index in [0.29, 0.717) is 12.0 Å². The van der Waals surface area contributed by atoms with Crippen LogP contribution >= 0.6 is 0 Å². The van der Waals surface area contributed by atoms with Crippen LogP contribution in [-0.2, 0) is 4.74 Å². The van der Waals surface area contributed by atoms with Gasteiger partial charge in [-0.2, -0.15) is 0 Å². The lowest BCUT2D eigenvalue weighted by Crippen LogP contribution is -2.48. The zero-order chi connectivity index (χ0) is 13.8. The number of ether oxygens (including phenoxy) is 1. The molecule has 3 rings (SSSR count). The second-order valence-electron chi connectivity index (χ2n) is 7.29. The van der Waals surface area contributed by atoms with Crippen LogP contribution < -0.4 is 5.32 Å². The van der Waals surface area contributed by atoms with E-state index in [1.807, 2.05) is 0 Å². The van der Waals surface area contributed by atoms with Crippen molar-refractivity contribution in [2.45, 2.75) is 51.5 Å². The average molecular weight is 280 g/mol. The molecule has 3 nitrogen and oxygen atoms in total. The lowest BCUT2D eigenvalue weighted by Gasteiger charge is -2.36. The van der Waals surface area contributed by atoms with Gasteiger partial charge in [-0.25, -0.2) is 0 Å². The molecule has 1 saturated heterocycles. The Labute approximate surface area is 124 Å². The topological polar surface area (TPSA) is 24.5 Å². The summed E-state index contributed by atoms with van der Waals surface area (Å²) in [6.45, 7) is 9.30. The first-order valence-corrected chi connectivity index (χ1v) is 8.88. The fourth-order valence-corrected chi connectivity index (χ4v) is 3.46. The van der Waals surface area contributed by atoms with Gasteiger partial charge in [-0.1, -0.05) is 6.92 Å². The predicted molar refractivity (Wildman–Crippen MR) is 82.9 cm³/mol. The molecule has 0 aromatic heterocycles. The van der Waals surface area contributed by atoms with Gasteiger partial charge in [-0.3, -0.25) is 0 Å². The standard InChI is InChI=1S/C17H32N2O/c1-2-8-18-17-7-9-20-13-16(17)12-19(10-14-3-4-14)11-15-5-6-15/h14-18H,2-13H2,1H3. The average Bonchev–Trinajstić information content (AvgIpc) is 3.34. The Morgan fingerprint density at radius 1 is 1.00 bits per heavy atom. The zero-order valence-corrected chi connectivity index (χ0v) is 13.2. The molecule has 2 atom stereocenters. The molecule has 0 radical (unpaired) electrons. The summed E-state index contributed by atoms with van der Waals surface area (Å²) < 4.78 is 5.77. The van der Waals surface area contributed by atoms with Crippen LogP contribution in [0.15, 0.2) is 0 Å². The number of nitrogens with zero attached hydrogens (tertiary/aromatic N) is 1. The molecule has 0 bridgehead atoms. The van der Waals surface area contributed by atoms with Crippen molar-refractivity contribution in [3.05, 3.63) is 0 Å². The third-order valence-corrected chi connectivity index (χ3v) is 5.05. The Morgan fingerprint density at radius 3 is 2.30 bits per heavy atom. The zero-order valence-electron chi connectivity index (χ0n) is 13.2. The number of hydrogen-bond acceptors (Lipinski definition) is 3. The van der Waals surface area contributed by atoms with E-state index in [2.05, 4.69) is 17.1 Å². The highest BCUT2D eigenvalue weighted by molar-refractivity contribution is 4.87. The third-order valence-electron chi connectivity index (χ3n) is 5.05. The lowest BCUT2D eigenvalue weighted by atomic mass is 9.94. The highest BCUT2D eigenvalue weighted by Gasteiger charge is 2.33. The Hall–Kier alpha value is -0.120. The van der Waals surface area contributed by atoms with Gasteiger partial charge in [0.2, 0.25) is 0 Å². The largest absolute Gasteiger partial charge is 0.381 e. The van der Waals surface area contributed by atoms with Crippen molar-refractivity contribution < 1.29 is 4.74 Å². The summed E-state index contributed by atoms with van der Waals surface area (Å²) >= 11 is 0. The van der Waals surface area contributed by atoms with Gasteiger partial charge in [0.25, 0.3) is 0 Å². The van der Waals surface area contributed by atoms with E-state index in [1.165, 1.54) is 58.2 Å². The van der Waals surface area contributed by atoms with Crippen LogP contribution in [0.4, 0.5) is 0 Å². The summed E-state index contributed by atoms with van der Waals surface area (Å²) in [4.78, 5) is 2.77. The molecule has 3 fully saturated rings. The van der Waals surface area contributed by atoms with Crippen LogP contribution in [0.25, 0.3) is 0 Å². The molecule has 2 aliphatic carbocycles. The minimum Gasteiger partial charge on any atom is -0.381 e. The molecule has 116 valence electrons. The van der Waals surface area contributed by atoms with Crippen molar-refractivity contribution in [1.82, 2.24) is 10.2 Å². The van der Waals surface area contributed by atoms with Crippen molar-refractivity contribution in [3.63, 3.8) is 0 Å². The van der Waals surface area contributed by atoms with Crippen LogP contribution in [0.3, 0.4) is 0 Å². The Balaban J connectivity index is 1.50. The number of hydrogen-bond donors (Lipinski definition) is 1. The van der Waals surface area contributed by atoms with E-state index in [0.717, 1.165) is 31.6 Å². The van der Waals surface area contributed by atoms with E-state index in [1.54, 1.807) is 0 Å². The van der Waals surface area contributed by atoms with Crippen molar-refractivity contribution in [2.75, 3.05) is 39.4 Å². The summed E-state index contributed by atoms with van der Waals surface area (Å²) in [5.41, 5.74) is 0. The predicted octanol–water partition coefficient (Wildman–Crippen LogP) is 2.51. The van der Waals surface area contributed by atoms with Crippen LogP contribution in [0.5, 0.6) is 0 Å². The van der Waals surface area contributed by atoms with E-state index >= 15 is 0 Å². The maximum absolute atomic E-state index is 5.77. The molecule has 1 aliphatic heterocycles. The van der Waals surface area contributed by atoms with Gasteiger partial charge in [0.05, 0.1) is 6.61 Å². The van der Waals surface area contributed by atoms with E-state index in [9.17, 15) is 0 Å². The molecule has 0 aromatic rings. The second kappa shape index (κ2) is 7.24. The van der Waals surface area contributed by atoms with Crippen LogP contribution in [-0.4, -0.2) is 50.3 Å². The Kier molecular flexibility index (Phi) is 5.36. The Bertz CT molecular complexity index is 275. The van der Waals surface area contributed by atoms with Crippen molar-refractivity contribution in [2.24, 2.45) is 17.8 Å². The highest BCUT2D eigenvalue weighted by Crippen LogP contribution is 2.34. The van der Waals surface area contributed by atoms with E-state index in [-0.39, 0.29) is 0 Å². The maximum atomic E-state index is 5.77. The fraction of sp³-hybridized carbons (Fsp3) is 1.00. The third kappa shape index (κ3) is 4.71. The highest BCUT2D eigenvalue weighted by atomic mass is 16.5. The molecule has 2 unspecified atom stereocenters. The molecule has 0 amide bonds. The van der Waals surface area contributed by atoms with Gasteiger partial charge in [0, 0.05) is 38.2 Å². The maximum Gasteiger partial charge on any atom is 0.0521 e. The first-order chi connectivity index (χ1) is 9.85. The molecular formula is C17H32N2O. The van der Waals surface area contributed by atoms with E-state index in [4.69, 9.17) is 4.74 Å². The molecule has 2 saturated carbocycles. The van der Waals surface area contributed by atoms with Crippen molar-refractivity contribution >= 4 is 0 Å². The summed E-state index contributed by atoms with van der Waals surface area (Å²) in [6, 6.07) is 0.685. The number of rotatable bonds is 9. The molecule has 1 heterocycles. The normalized spacial score (nSPS) is 30.9. The van der Waals surface area contributed by atoms with Gasteiger partial charge in [0.15, 0.2) is 0 Å². The summed E-state index contributed by atoms with van der Waals surface area (Å²) in [5.74, 6) is 2.73. The van der Waals surface area contributed by atoms with Gasteiger partial charge < -0.3 is 15.0 Å². The minimum atomic E-state index is 0.685. The minimum absolute atomic E-state index is 0.685. The Morgan fingerprint density at radius 2 is 1.70 bits per heavy atom. The van der Waals surface area contributed by atoms with Gasteiger partial charge in [-0.15, -0.1) is 0 Å². The van der Waals surface area contributed by atoms with Gasteiger partial charge in [-0.05, 0) is 56.9 Å². The molecule has 20 heavy (non-hydrogen) atoms. The SMILES string of the molecule is CCCNC1CCOCC1CN(CC1CC1)CC1CC1. The molecule has 1 N–H and O–H groups in total. The summed E-state index contributed by atoms with van der Waals surface area (Å²) in [5, 5.41) is 3.76. The quantitative estimate of drug-likeness (QED) is 0.702. The second-order valence-corrected chi connectivity index (χ2v) is 7.29. The van der Waals surface area contributed by atoms with E-state index < -0.39 is 0 Å². The smallest absolute Gasteiger partial charge is 0.0521 e. The first-order valence-electron chi connectivity index (χ1n) is 8.88. The summed E-state index contributed by atoms with van der Waals surface area (Å²) in [6.07, 6.45) is 8.32. The molecular weight excluding hydrogens is 248 g/mol. The monoisotopic (exact) mass is 280 g/mol. The molecule has 3 aliphatic rings. The first kappa shape index (κ1) is 14.8. The molecule has 0 aromatic carbocycles. The number of nitrogens with one attached hydrogen (secondary N) is 1. The molecule has 0 spiro atoms. The lowest BCUT2D eigenvalue weighted by molar-refractivity contribution is 0.0153. The fourth-order valence-electron chi connectivity index (χ4n) is 3.46.